The van der Waals surface area contributed by atoms with Crippen LogP contribution in [0.2, 0.25) is 5.02 Å². The quantitative estimate of drug-likeness (QED) is 0.516. The molecule has 28 heavy (non-hydrogen) atoms. The zero-order valence-corrected chi connectivity index (χ0v) is 16.8. The summed E-state index contributed by atoms with van der Waals surface area (Å²) in [7, 11) is 0. The molecule has 0 atom stereocenters. The second-order valence-electron chi connectivity index (χ2n) is 6.46. The number of pyridine rings is 1. The summed E-state index contributed by atoms with van der Waals surface area (Å²) in [4.78, 5) is 16.8. The molecule has 146 valence electrons. The predicted molar refractivity (Wildman–Crippen MR) is 112 cm³/mol. The third kappa shape index (κ3) is 4.93. The van der Waals surface area contributed by atoms with Gasteiger partial charge < -0.3 is 14.8 Å². The van der Waals surface area contributed by atoms with E-state index < -0.39 is 0 Å². The van der Waals surface area contributed by atoms with Crippen LogP contribution >= 0.6 is 11.6 Å². The molecular weight excluding hydrogens is 376 g/mol. The summed E-state index contributed by atoms with van der Waals surface area (Å²) in [5, 5.41) is 4.38. The highest BCUT2D eigenvalue weighted by atomic mass is 35.5. The number of nitrogens with one attached hydrogen (secondary N) is 1. The molecule has 0 spiro atoms. The van der Waals surface area contributed by atoms with E-state index in [-0.39, 0.29) is 12.5 Å². The number of unbranched alkanes of at least 4 members (excludes halogenated alkanes) is 1. The van der Waals surface area contributed by atoms with Crippen molar-refractivity contribution in [2.24, 2.45) is 0 Å². The number of amides is 1. The van der Waals surface area contributed by atoms with Gasteiger partial charge in [0.15, 0.2) is 6.61 Å². The third-order valence-corrected chi connectivity index (χ3v) is 4.69. The molecule has 5 nitrogen and oxygen atoms in total. The zero-order valence-electron chi connectivity index (χ0n) is 16.0. The van der Waals surface area contributed by atoms with Crippen LogP contribution in [-0.2, 0) is 4.79 Å². The van der Waals surface area contributed by atoms with E-state index in [1.807, 2.05) is 31.2 Å². The minimum absolute atomic E-state index is 0.0996. The van der Waals surface area contributed by atoms with Gasteiger partial charge in [-0.1, -0.05) is 24.9 Å². The standard InChI is InChI=1S/C22H23ClN2O3/c1-3-4-12-27-20-10-9-19(17-6-5-11-24-22(17)20)25-21(26)14-28-16-7-8-18(23)15(2)13-16/h5-11,13H,3-4,12,14H2,1-2H3,(H,25,26). The minimum atomic E-state index is -0.252. The van der Waals surface area contributed by atoms with E-state index in [4.69, 9.17) is 21.1 Å². The van der Waals surface area contributed by atoms with Crippen molar-refractivity contribution in [1.29, 1.82) is 0 Å². The van der Waals surface area contributed by atoms with Crippen molar-refractivity contribution in [3.05, 3.63) is 59.2 Å². The molecule has 0 aliphatic heterocycles. The molecule has 0 bridgehead atoms. The number of aromatic nitrogens is 1. The van der Waals surface area contributed by atoms with Gasteiger partial charge in [-0.05, 0) is 61.4 Å². The number of rotatable bonds is 8. The molecule has 1 aromatic heterocycles. The lowest BCUT2D eigenvalue weighted by molar-refractivity contribution is -0.118. The summed E-state index contributed by atoms with van der Waals surface area (Å²) in [6.07, 6.45) is 3.76. The Morgan fingerprint density at radius 1 is 1.18 bits per heavy atom. The van der Waals surface area contributed by atoms with Gasteiger partial charge in [-0.15, -0.1) is 0 Å². The molecule has 1 N–H and O–H groups in total. The van der Waals surface area contributed by atoms with Crippen molar-refractivity contribution >= 4 is 34.1 Å². The van der Waals surface area contributed by atoms with Crippen LogP contribution in [0.25, 0.3) is 10.9 Å². The number of carbonyl (C=O) groups is 1. The van der Waals surface area contributed by atoms with E-state index in [0.29, 0.717) is 23.1 Å². The van der Waals surface area contributed by atoms with Crippen LogP contribution < -0.4 is 14.8 Å². The Hall–Kier alpha value is -2.79. The summed E-state index contributed by atoms with van der Waals surface area (Å²) in [5.74, 6) is 1.07. The fourth-order valence-electron chi connectivity index (χ4n) is 2.74. The van der Waals surface area contributed by atoms with Gasteiger partial charge in [0, 0.05) is 16.6 Å². The summed E-state index contributed by atoms with van der Waals surface area (Å²) < 4.78 is 11.4. The summed E-state index contributed by atoms with van der Waals surface area (Å²) in [6.45, 7) is 4.55. The fourth-order valence-corrected chi connectivity index (χ4v) is 2.86. The molecule has 3 rings (SSSR count). The van der Waals surface area contributed by atoms with E-state index in [1.165, 1.54) is 0 Å². The Morgan fingerprint density at radius 3 is 2.82 bits per heavy atom. The highest BCUT2D eigenvalue weighted by Gasteiger charge is 2.11. The number of carbonyl (C=O) groups excluding carboxylic acids is 1. The van der Waals surface area contributed by atoms with E-state index in [2.05, 4.69) is 17.2 Å². The van der Waals surface area contributed by atoms with Gasteiger partial charge in [-0.25, -0.2) is 0 Å². The van der Waals surface area contributed by atoms with Crippen molar-refractivity contribution in [3.63, 3.8) is 0 Å². The van der Waals surface area contributed by atoms with Gasteiger partial charge in [-0.2, -0.15) is 0 Å². The Balaban J connectivity index is 1.70. The SMILES string of the molecule is CCCCOc1ccc(NC(=O)COc2ccc(Cl)c(C)c2)c2cccnc12. The Bertz CT molecular complexity index is 975. The van der Waals surface area contributed by atoms with Crippen molar-refractivity contribution in [2.45, 2.75) is 26.7 Å². The minimum Gasteiger partial charge on any atom is -0.491 e. The van der Waals surface area contributed by atoms with Crippen LogP contribution in [0.1, 0.15) is 25.3 Å². The second kappa shape index (κ2) is 9.42. The molecule has 6 heteroatoms. The molecule has 3 aromatic rings. The molecule has 0 saturated heterocycles. The van der Waals surface area contributed by atoms with Crippen LogP contribution in [0.4, 0.5) is 5.69 Å². The van der Waals surface area contributed by atoms with Gasteiger partial charge in [0.05, 0.1) is 12.3 Å². The summed E-state index contributed by atoms with van der Waals surface area (Å²) in [5.41, 5.74) is 2.30. The third-order valence-electron chi connectivity index (χ3n) is 4.26. The number of anilines is 1. The lowest BCUT2D eigenvalue weighted by atomic mass is 10.1. The molecule has 0 radical (unpaired) electrons. The molecule has 0 aliphatic carbocycles. The molecule has 0 aliphatic rings. The molecule has 0 fully saturated rings. The first-order valence-corrected chi connectivity index (χ1v) is 9.65. The van der Waals surface area contributed by atoms with Gasteiger partial charge in [0.1, 0.15) is 17.0 Å². The molecular formula is C22H23ClN2O3. The van der Waals surface area contributed by atoms with E-state index in [1.54, 1.807) is 24.4 Å². The first-order chi connectivity index (χ1) is 13.6. The number of nitrogens with zero attached hydrogens (tertiary/aromatic N) is 1. The topological polar surface area (TPSA) is 60.5 Å². The van der Waals surface area contributed by atoms with Gasteiger partial charge in [-0.3, -0.25) is 9.78 Å². The largest absolute Gasteiger partial charge is 0.491 e. The monoisotopic (exact) mass is 398 g/mol. The highest BCUT2D eigenvalue weighted by Crippen LogP contribution is 2.30. The number of hydrogen-bond donors (Lipinski definition) is 1. The van der Waals surface area contributed by atoms with Gasteiger partial charge >= 0.3 is 0 Å². The van der Waals surface area contributed by atoms with Crippen LogP contribution in [0, 0.1) is 6.92 Å². The smallest absolute Gasteiger partial charge is 0.262 e. The van der Waals surface area contributed by atoms with Crippen molar-refractivity contribution in [1.82, 2.24) is 4.98 Å². The van der Waals surface area contributed by atoms with Crippen LogP contribution in [-0.4, -0.2) is 24.1 Å². The van der Waals surface area contributed by atoms with Crippen molar-refractivity contribution < 1.29 is 14.3 Å². The maximum atomic E-state index is 12.4. The van der Waals surface area contributed by atoms with E-state index in [0.717, 1.165) is 35.1 Å². The Labute approximate surface area is 169 Å². The lowest BCUT2D eigenvalue weighted by Gasteiger charge is -2.13. The molecule has 1 amide bonds. The maximum absolute atomic E-state index is 12.4. The summed E-state index contributed by atoms with van der Waals surface area (Å²) in [6, 6.07) is 12.7. The number of fused-ring (bicyclic) bond motifs is 1. The average molecular weight is 399 g/mol. The predicted octanol–water partition coefficient (Wildman–Crippen LogP) is 5.39. The number of hydrogen-bond acceptors (Lipinski definition) is 4. The van der Waals surface area contributed by atoms with Crippen LogP contribution in [0.5, 0.6) is 11.5 Å². The van der Waals surface area contributed by atoms with Crippen LogP contribution in [0.3, 0.4) is 0 Å². The van der Waals surface area contributed by atoms with Crippen LogP contribution in [0.15, 0.2) is 48.7 Å². The summed E-state index contributed by atoms with van der Waals surface area (Å²) >= 11 is 6.01. The maximum Gasteiger partial charge on any atom is 0.262 e. The number of halogens is 1. The van der Waals surface area contributed by atoms with Crippen molar-refractivity contribution in [2.75, 3.05) is 18.5 Å². The number of aryl methyl sites for hydroxylation is 1. The molecule has 0 saturated carbocycles. The van der Waals surface area contributed by atoms with Crippen molar-refractivity contribution in [3.8, 4) is 11.5 Å². The molecule has 0 unspecified atom stereocenters. The van der Waals surface area contributed by atoms with E-state index >= 15 is 0 Å². The second-order valence-corrected chi connectivity index (χ2v) is 6.87. The lowest BCUT2D eigenvalue weighted by Crippen LogP contribution is -2.20. The number of ether oxygens (including phenoxy) is 2. The first-order valence-electron chi connectivity index (χ1n) is 9.28. The zero-order chi connectivity index (χ0) is 19.9. The number of benzene rings is 2. The van der Waals surface area contributed by atoms with Gasteiger partial charge in [0.2, 0.25) is 0 Å². The average Bonchev–Trinajstić information content (AvgIpc) is 2.70. The highest BCUT2D eigenvalue weighted by molar-refractivity contribution is 6.31. The molecule has 1 heterocycles. The normalized spacial score (nSPS) is 10.7. The Kier molecular flexibility index (Phi) is 6.71. The first kappa shape index (κ1) is 20.0. The Morgan fingerprint density at radius 2 is 2.04 bits per heavy atom. The molecule has 2 aromatic carbocycles. The van der Waals surface area contributed by atoms with E-state index in [9.17, 15) is 4.79 Å². The van der Waals surface area contributed by atoms with Gasteiger partial charge in [0.25, 0.3) is 5.91 Å². The fraction of sp³-hybridized carbons (Fsp3) is 0.273.